The van der Waals surface area contributed by atoms with E-state index in [2.05, 4.69) is 5.32 Å². The van der Waals surface area contributed by atoms with Crippen LogP contribution in [0.25, 0.3) is 0 Å². The van der Waals surface area contributed by atoms with E-state index in [0.717, 1.165) is 12.1 Å². The number of carbonyl (C=O) groups excluding carboxylic acids is 2. The molecule has 9 nitrogen and oxygen atoms in total. The lowest BCUT2D eigenvalue weighted by atomic mass is 10.1. The van der Waals surface area contributed by atoms with Crippen molar-refractivity contribution in [1.82, 2.24) is 10.3 Å². The predicted octanol–water partition coefficient (Wildman–Crippen LogP) is -1.47. The van der Waals surface area contributed by atoms with E-state index in [-0.39, 0.29) is 18.4 Å². The van der Waals surface area contributed by atoms with E-state index in [1.165, 1.54) is 0 Å². The second kappa shape index (κ2) is 6.36. The minimum absolute atomic E-state index is 0.175. The lowest BCUT2D eigenvalue weighted by molar-refractivity contribution is -0.139. The van der Waals surface area contributed by atoms with Gasteiger partial charge in [0, 0.05) is 18.6 Å². The van der Waals surface area contributed by atoms with Gasteiger partial charge in [-0.2, -0.15) is 0 Å². The fraction of sp³-hybridized carbons (Fsp3) is 0.273. The molecule has 1 aromatic rings. The van der Waals surface area contributed by atoms with E-state index in [1.54, 1.807) is 0 Å². The van der Waals surface area contributed by atoms with Gasteiger partial charge in [0.2, 0.25) is 5.91 Å². The van der Waals surface area contributed by atoms with Crippen molar-refractivity contribution in [3.63, 3.8) is 0 Å². The van der Waals surface area contributed by atoms with Crippen LogP contribution in [0.2, 0.25) is 0 Å². The molecule has 9 heteroatoms. The number of hydrogen-bond acceptors (Lipinski definition) is 5. The molecular weight excluding hydrogens is 270 g/mol. The van der Waals surface area contributed by atoms with E-state index in [9.17, 15) is 19.2 Å². The van der Waals surface area contributed by atoms with E-state index >= 15 is 0 Å². The van der Waals surface area contributed by atoms with Gasteiger partial charge in [-0.1, -0.05) is 0 Å². The summed E-state index contributed by atoms with van der Waals surface area (Å²) in [6, 6.07) is 0.558. The highest BCUT2D eigenvalue weighted by Crippen LogP contribution is 2.05. The largest absolute Gasteiger partial charge is 0.494 e. The molecule has 0 fully saturated rings. The molecule has 0 bridgehead atoms. The number of aliphatic carboxylic acids is 1. The normalized spacial score (nSPS) is 11.6. The third-order valence-corrected chi connectivity index (χ3v) is 2.38. The van der Waals surface area contributed by atoms with Gasteiger partial charge in [0.15, 0.2) is 5.88 Å². The molecule has 1 rings (SSSR count). The minimum atomic E-state index is -1.34. The lowest BCUT2D eigenvalue weighted by Gasteiger charge is -2.13. The Morgan fingerprint density at radius 1 is 1.35 bits per heavy atom. The monoisotopic (exact) mass is 283 g/mol. The maximum Gasteiger partial charge on any atom is 0.326 e. The lowest BCUT2D eigenvalue weighted by Crippen LogP contribution is -2.41. The molecule has 1 aromatic heterocycles. The first kappa shape index (κ1) is 15.2. The van der Waals surface area contributed by atoms with Crippen molar-refractivity contribution < 1.29 is 24.6 Å². The van der Waals surface area contributed by atoms with Gasteiger partial charge < -0.3 is 21.3 Å². The highest BCUT2D eigenvalue weighted by atomic mass is 16.4. The minimum Gasteiger partial charge on any atom is -0.494 e. The molecule has 108 valence electrons. The number of hydrogen-bond donors (Lipinski definition) is 5. The number of carboxylic acid groups (broad SMARTS) is 1. The van der Waals surface area contributed by atoms with Crippen molar-refractivity contribution in [2.24, 2.45) is 5.73 Å². The summed E-state index contributed by atoms with van der Waals surface area (Å²) in [4.78, 5) is 46.4. The molecule has 2 amide bonds. The average Bonchev–Trinajstić information content (AvgIpc) is 2.32. The number of nitrogens with one attached hydrogen (secondary N) is 2. The number of rotatable bonds is 6. The van der Waals surface area contributed by atoms with E-state index < -0.39 is 35.3 Å². The molecule has 1 heterocycles. The molecule has 0 aromatic carbocycles. The number of pyridine rings is 1. The predicted molar refractivity (Wildman–Crippen MR) is 66.0 cm³/mol. The fourth-order valence-corrected chi connectivity index (χ4v) is 1.45. The molecule has 20 heavy (non-hydrogen) atoms. The second-order valence-corrected chi connectivity index (χ2v) is 3.99. The van der Waals surface area contributed by atoms with Crippen molar-refractivity contribution >= 4 is 17.8 Å². The molecule has 0 aliphatic carbocycles. The summed E-state index contributed by atoms with van der Waals surface area (Å²) in [5.41, 5.74) is 3.99. The number of primary amides is 1. The quantitative estimate of drug-likeness (QED) is 0.428. The standard InChI is InChI=1S/C11H13N3O6/c12-7(15)2-1-6(11(19)20)13-10(18)5-3-8(16)14-9(17)4-5/h3-4,6H,1-2H2,(H2,12,15)(H,13,18)(H,19,20)(H2,14,16,17)/t6-/m0/s1. The van der Waals surface area contributed by atoms with Crippen LogP contribution in [0.1, 0.15) is 23.2 Å². The molecule has 0 aliphatic rings. The first-order valence-electron chi connectivity index (χ1n) is 5.55. The van der Waals surface area contributed by atoms with Crippen LogP contribution in [0.15, 0.2) is 16.9 Å². The molecule has 6 N–H and O–H groups in total. The second-order valence-electron chi connectivity index (χ2n) is 3.99. The smallest absolute Gasteiger partial charge is 0.326 e. The Labute approximate surface area is 112 Å². The summed E-state index contributed by atoms with van der Waals surface area (Å²) < 4.78 is 0. The number of aromatic hydroxyl groups is 1. The van der Waals surface area contributed by atoms with Gasteiger partial charge in [0.1, 0.15) is 6.04 Å². The maximum atomic E-state index is 11.8. The first-order valence-corrected chi connectivity index (χ1v) is 5.55. The summed E-state index contributed by atoms with van der Waals surface area (Å²) in [5.74, 6) is -3.41. The molecule has 0 unspecified atom stereocenters. The van der Waals surface area contributed by atoms with Crippen LogP contribution in [0.4, 0.5) is 0 Å². The highest BCUT2D eigenvalue weighted by Gasteiger charge is 2.21. The van der Waals surface area contributed by atoms with Crippen LogP contribution in [-0.4, -0.2) is 39.0 Å². The summed E-state index contributed by atoms with van der Waals surface area (Å²) in [6.07, 6.45) is -0.385. The Morgan fingerprint density at radius 3 is 2.50 bits per heavy atom. The number of nitrogens with two attached hydrogens (primary N) is 1. The molecule has 0 aliphatic heterocycles. The molecule has 0 saturated carbocycles. The van der Waals surface area contributed by atoms with Gasteiger partial charge in [-0.15, -0.1) is 0 Å². The summed E-state index contributed by atoms with van der Waals surface area (Å²) in [7, 11) is 0. The number of carbonyl (C=O) groups is 3. The van der Waals surface area contributed by atoms with Crippen LogP contribution >= 0.6 is 0 Å². The Bertz CT molecular complexity index is 594. The summed E-state index contributed by atoms with van der Waals surface area (Å²) in [5, 5.41) is 20.2. The summed E-state index contributed by atoms with van der Waals surface area (Å²) >= 11 is 0. The van der Waals surface area contributed by atoms with Crippen molar-refractivity contribution in [3.05, 3.63) is 28.0 Å². The molecule has 0 radical (unpaired) electrons. The van der Waals surface area contributed by atoms with Crippen LogP contribution < -0.4 is 16.6 Å². The number of carboxylic acids is 1. The third-order valence-electron chi connectivity index (χ3n) is 2.38. The zero-order chi connectivity index (χ0) is 15.3. The maximum absolute atomic E-state index is 11.8. The van der Waals surface area contributed by atoms with Gasteiger partial charge >= 0.3 is 5.97 Å². The molecule has 0 spiro atoms. The number of aromatic nitrogens is 1. The number of amides is 2. The van der Waals surface area contributed by atoms with Gasteiger partial charge in [-0.3, -0.25) is 19.4 Å². The number of aromatic amines is 1. The fourth-order valence-electron chi connectivity index (χ4n) is 1.45. The molecular formula is C11H13N3O6. The van der Waals surface area contributed by atoms with Gasteiger partial charge in [-0.05, 0) is 6.42 Å². The Morgan fingerprint density at radius 2 is 2.00 bits per heavy atom. The summed E-state index contributed by atoms with van der Waals surface area (Å²) in [6.45, 7) is 0. The van der Waals surface area contributed by atoms with Crippen molar-refractivity contribution in [2.45, 2.75) is 18.9 Å². The zero-order valence-corrected chi connectivity index (χ0v) is 10.3. The van der Waals surface area contributed by atoms with Gasteiger partial charge in [0.05, 0.1) is 5.56 Å². The van der Waals surface area contributed by atoms with Gasteiger partial charge in [0.25, 0.3) is 11.5 Å². The highest BCUT2D eigenvalue weighted by molar-refractivity contribution is 5.96. The van der Waals surface area contributed by atoms with Crippen molar-refractivity contribution in [1.29, 1.82) is 0 Å². The zero-order valence-electron chi connectivity index (χ0n) is 10.3. The Balaban J connectivity index is 2.82. The van der Waals surface area contributed by atoms with E-state index in [1.807, 2.05) is 4.98 Å². The first-order chi connectivity index (χ1) is 9.29. The van der Waals surface area contributed by atoms with Crippen molar-refractivity contribution in [3.8, 4) is 5.88 Å². The topological polar surface area (TPSA) is 163 Å². The Kier molecular flexibility index (Phi) is 4.84. The third kappa shape index (κ3) is 4.44. The van der Waals surface area contributed by atoms with Gasteiger partial charge in [-0.25, -0.2) is 4.79 Å². The number of H-pyrrole nitrogens is 1. The average molecular weight is 283 g/mol. The van der Waals surface area contributed by atoms with Crippen LogP contribution in [0.3, 0.4) is 0 Å². The van der Waals surface area contributed by atoms with Crippen LogP contribution in [0.5, 0.6) is 5.88 Å². The molecule has 1 atom stereocenters. The van der Waals surface area contributed by atoms with Crippen LogP contribution in [0, 0.1) is 0 Å². The van der Waals surface area contributed by atoms with Crippen molar-refractivity contribution in [2.75, 3.05) is 0 Å². The van der Waals surface area contributed by atoms with Crippen LogP contribution in [-0.2, 0) is 9.59 Å². The van der Waals surface area contributed by atoms with E-state index in [4.69, 9.17) is 15.9 Å². The SMILES string of the molecule is NC(=O)CC[C@H](NC(=O)c1cc(O)[nH]c(=O)c1)C(=O)O. The Hall–Kier alpha value is -2.84. The van der Waals surface area contributed by atoms with E-state index in [0.29, 0.717) is 0 Å². The molecule has 0 saturated heterocycles.